The molecule has 5 nitrogen and oxygen atoms in total. The molecule has 0 radical (unpaired) electrons. The van der Waals surface area contributed by atoms with Crippen LogP contribution in [0.2, 0.25) is 0 Å². The third-order valence-corrected chi connectivity index (χ3v) is 4.91. The Morgan fingerprint density at radius 1 is 1.26 bits per heavy atom. The Kier molecular flexibility index (Phi) is 6.34. The largest absolute Gasteiger partial charge is 0.506 e. The van der Waals surface area contributed by atoms with Gasteiger partial charge in [0.15, 0.2) is 5.96 Å². The molecule has 3 rings (SSSR count). The van der Waals surface area contributed by atoms with Crippen LogP contribution in [0.5, 0.6) is 5.75 Å². The molecule has 0 bridgehead atoms. The molecule has 2 aromatic rings. The molecular weight excluding hydrogens is 411 g/mol. The van der Waals surface area contributed by atoms with Gasteiger partial charge >= 0.3 is 0 Å². The molecule has 2 aromatic carbocycles. The van der Waals surface area contributed by atoms with E-state index in [9.17, 15) is 9.50 Å². The fraction of sp³-hybridized carbons (Fsp3) is 0.350. The molecule has 7 heteroatoms. The Morgan fingerprint density at radius 3 is 2.67 bits per heavy atom. The number of anilines is 1. The van der Waals surface area contributed by atoms with Crippen molar-refractivity contribution in [2.75, 3.05) is 18.4 Å². The highest BCUT2D eigenvalue weighted by atomic mass is 79.9. The summed E-state index contributed by atoms with van der Waals surface area (Å²) in [5.41, 5.74) is 1.09. The molecular formula is C20H24BrFN4O. The number of piperazine rings is 1. The first kappa shape index (κ1) is 19.6. The van der Waals surface area contributed by atoms with Gasteiger partial charge in [-0.2, -0.15) is 0 Å². The van der Waals surface area contributed by atoms with Crippen molar-refractivity contribution < 1.29 is 9.50 Å². The van der Waals surface area contributed by atoms with E-state index < -0.39 is 0 Å². The van der Waals surface area contributed by atoms with E-state index in [1.165, 1.54) is 6.07 Å². The highest BCUT2D eigenvalue weighted by Gasteiger charge is 2.24. The summed E-state index contributed by atoms with van der Waals surface area (Å²) in [7, 11) is 0. The second-order valence-corrected chi connectivity index (χ2v) is 7.81. The number of hydrogen-bond donors (Lipinski definition) is 3. The van der Waals surface area contributed by atoms with Crippen LogP contribution in [0.4, 0.5) is 10.1 Å². The Morgan fingerprint density at radius 2 is 1.96 bits per heavy atom. The number of aromatic hydroxyl groups is 1. The summed E-state index contributed by atoms with van der Waals surface area (Å²) in [5.74, 6) is 0.483. The van der Waals surface area contributed by atoms with Gasteiger partial charge in [0.1, 0.15) is 11.6 Å². The lowest BCUT2D eigenvalue weighted by atomic mass is 10.1. The minimum absolute atomic E-state index is 0.148. The number of para-hydroxylation sites is 2. The van der Waals surface area contributed by atoms with Gasteiger partial charge < -0.3 is 20.6 Å². The third-order valence-electron chi connectivity index (χ3n) is 4.41. The molecule has 1 aliphatic rings. The number of phenolic OH excluding ortho intramolecular Hbond substituents is 1. The molecule has 0 aliphatic carbocycles. The van der Waals surface area contributed by atoms with Crippen LogP contribution in [0.3, 0.4) is 0 Å². The number of halogens is 2. The zero-order valence-corrected chi connectivity index (χ0v) is 17.0. The maximum atomic E-state index is 14.1. The van der Waals surface area contributed by atoms with E-state index in [4.69, 9.17) is 0 Å². The summed E-state index contributed by atoms with van der Waals surface area (Å²) in [6.07, 6.45) is 0. The van der Waals surface area contributed by atoms with Crippen molar-refractivity contribution in [3.05, 3.63) is 58.3 Å². The summed E-state index contributed by atoms with van der Waals surface area (Å²) in [4.78, 5) is 6.79. The van der Waals surface area contributed by atoms with Crippen LogP contribution in [0.25, 0.3) is 0 Å². The fourth-order valence-corrected chi connectivity index (χ4v) is 3.65. The zero-order chi connectivity index (χ0) is 19.4. The van der Waals surface area contributed by atoms with Crippen molar-refractivity contribution in [1.82, 2.24) is 10.2 Å². The van der Waals surface area contributed by atoms with E-state index in [-0.39, 0.29) is 18.1 Å². The molecule has 3 N–H and O–H groups in total. The van der Waals surface area contributed by atoms with Crippen molar-refractivity contribution in [3.63, 3.8) is 0 Å². The highest BCUT2D eigenvalue weighted by molar-refractivity contribution is 9.10. The van der Waals surface area contributed by atoms with Gasteiger partial charge in [-0.3, -0.25) is 0 Å². The van der Waals surface area contributed by atoms with Crippen molar-refractivity contribution >= 4 is 27.6 Å². The van der Waals surface area contributed by atoms with E-state index >= 15 is 0 Å². The summed E-state index contributed by atoms with van der Waals surface area (Å²) in [5, 5.41) is 16.8. The van der Waals surface area contributed by atoms with Gasteiger partial charge in [0.2, 0.25) is 0 Å². The average Bonchev–Trinajstić information content (AvgIpc) is 2.62. The molecule has 0 saturated carbocycles. The van der Waals surface area contributed by atoms with Crippen molar-refractivity contribution in [2.24, 2.45) is 4.99 Å². The molecule has 0 aromatic heterocycles. The van der Waals surface area contributed by atoms with Crippen LogP contribution in [0, 0.1) is 5.82 Å². The number of benzene rings is 2. The smallest absolute Gasteiger partial charge is 0.199 e. The van der Waals surface area contributed by atoms with E-state index in [1.54, 1.807) is 30.3 Å². The monoisotopic (exact) mass is 434 g/mol. The number of guanidine groups is 1. The van der Waals surface area contributed by atoms with Crippen LogP contribution in [-0.2, 0) is 6.54 Å². The van der Waals surface area contributed by atoms with Gasteiger partial charge in [-0.15, -0.1) is 0 Å². The molecule has 1 aliphatic heterocycles. The predicted octanol–water partition coefficient (Wildman–Crippen LogP) is 3.94. The third kappa shape index (κ3) is 5.20. The molecule has 2 unspecified atom stereocenters. The topological polar surface area (TPSA) is 59.9 Å². The van der Waals surface area contributed by atoms with E-state index in [1.807, 2.05) is 6.07 Å². The first-order valence-electron chi connectivity index (χ1n) is 8.96. The molecule has 2 atom stereocenters. The van der Waals surface area contributed by atoms with Gasteiger partial charge in [-0.25, -0.2) is 9.38 Å². The van der Waals surface area contributed by atoms with E-state index in [2.05, 4.69) is 50.3 Å². The molecule has 144 valence electrons. The molecule has 1 heterocycles. The number of nitrogens with one attached hydrogen (secondary N) is 2. The Labute approximate surface area is 167 Å². The lowest BCUT2D eigenvalue weighted by molar-refractivity contribution is 0.254. The summed E-state index contributed by atoms with van der Waals surface area (Å²) >= 11 is 3.38. The lowest BCUT2D eigenvalue weighted by Gasteiger charge is -2.38. The van der Waals surface area contributed by atoms with E-state index in [0.29, 0.717) is 29.3 Å². The number of aliphatic imine (C=N–C) groups is 1. The maximum absolute atomic E-state index is 14.1. The van der Waals surface area contributed by atoms with Crippen LogP contribution in [-0.4, -0.2) is 41.1 Å². The fourth-order valence-electron chi connectivity index (χ4n) is 3.24. The second kappa shape index (κ2) is 8.71. The predicted molar refractivity (Wildman–Crippen MR) is 111 cm³/mol. The van der Waals surface area contributed by atoms with Crippen LogP contribution < -0.4 is 10.6 Å². The Balaban J connectivity index is 1.88. The number of hydrogen-bond acceptors (Lipinski definition) is 3. The highest BCUT2D eigenvalue weighted by Crippen LogP contribution is 2.23. The molecule has 0 amide bonds. The zero-order valence-electron chi connectivity index (χ0n) is 15.4. The molecule has 0 spiro atoms. The van der Waals surface area contributed by atoms with Crippen molar-refractivity contribution in [2.45, 2.75) is 32.5 Å². The average molecular weight is 435 g/mol. The maximum Gasteiger partial charge on any atom is 0.199 e. The van der Waals surface area contributed by atoms with Gasteiger partial charge in [0, 0.05) is 35.2 Å². The van der Waals surface area contributed by atoms with Gasteiger partial charge in [-0.05, 0) is 44.2 Å². The molecule has 1 saturated heterocycles. The number of phenols is 1. The van der Waals surface area contributed by atoms with E-state index in [0.717, 1.165) is 17.6 Å². The normalized spacial score (nSPS) is 20.6. The SMILES string of the molecule is CC1CN(C(=NCc2cc(Br)ccc2F)Nc2ccccc2O)CC(C)N1. The molecule has 1 fully saturated rings. The first-order valence-corrected chi connectivity index (χ1v) is 9.76. The van der Waals surface area contributed by atoms with Crippen LogP contribution in [0.15, 0.2) is 51.9 Å². The van der Waals surface area contributed by atoms with Crippen molar-refractivity contribution in [1.29, 1.82) is 0 Å². The minimum Gasteiger partial charge on any atom is -0.506 e. The van der Waals surface area contributed by atoms with Crippen molar-refractivity contribution in [3.8, 4) is 5.75 Å². The number of rotatable bonds is 3. The molecule has 27 heavy (non-hydrogen) atoms. The standard InChI is InChI=1S/C20H24BrFN4O/c1-13-11-26(12-14(2)24-13)20(25-18-5-3-4-6-19(18)27)23-10-15-9-16(21)7-8-17(15)22/h3-9,13-14,24,27H,10-12H2,1-2H3,(H,23,25). The Hall–Kier alpha value is -2.12. The van der Waals surface area contributed by atoms with Crippen LogP contribution >= 0.6 is 15.9 Å². The summed E-state index contributed by atoms with van der Waals surface area (Å²) < 4.78 is 14.9. The first-order chi connectivity index (χ1) is 12.9. The van der Waals surface area contributed by atoms with Crippen LogP contribution in [0.1, 0.15) is 19.4 Å². The van der Waals surface area contributed by atoms with Gasteiger partial charge in [-0.1, -0.05) is 28.1 Å². The summed E-state index contributed by atoms with van der Waals surface area (Å²) in [6.45, 7) is 5.98. The summed E-state index contributed by atoms with van der Waals surface area (Å²) in [6, 6.07) is 12.5. The Bertz CT molecular complexity index is 819. The quantitative estimate of drug-likeness (QED) is 0.388. The van der Waals surface area contributed by atoms with Gasteiger partial charge in [0.05, 0.1) is 12.2 Å². The number of nitrogens with zero attached hydrogens (tertiary/aromatic N) is 2. The lowest BCUT2D eigenvalue weighted by Crippen LogP contribution is -2.57. The van der Waals surface area contributed by atoms with Gasteiger partial charge in [0.25, 0.3) is 0 Å². The minimum atomic E-state index is -0.286. The second-order valence-electron chi connectivity index (χ2n) is 6.89.